The van der Waals surface area contributed by atoms with Crippen LogP contribution in [0.4, 0.5) is 4.79 Å². The molecule has 144 valence electrons. The number of amides is 4. The molecule has 0 atom stereocenters. The summed E-state index contributed by atoms with van der Waals surface area (Å²) in [6.45, 7) is 0.750. The van der Waals surface area contributed by atoms with Crippen molar-refractivity contribution in [3.63, 3.8) is 0 Å². The van der Waals surface area contributed by atoms with E-state index in [2.05, 4.69) is 15.6 Å². The summed E-state index contributed by atoms with van der Waals surface area (Å²) in [5, 5.41) is 5.78. The summed E-state index contributed by atoms with van der Waals surface area (Å²) < 4.78 is 0. The number of pyridine rings is 1. The first-order valence-electron chi connectivity index (χ1n) is 9.97. The highest BCUT2D eigenvalue weighted by atomic mass is 16.2. The van der Waals surface area contributed by atoms with Gasteiger partial charge in [0.2, 0.25) is 0 Å². The number of hydrogen-bond acceptors (Lipinski definition) is 4. The maximum absolute atomic E-state index is 12.7. The molecular weight excluding hydrogens is 344 g/mol. The Morgan fingerprint density at radius 1 is 1.26 bits per heavy atom. The standard InChI is InChI=1S/C20H26N4O3/c25-17(15-7-11-21-16(13-15)14-5-6-14)22-10-4-12-24-18(26)20(23-19(24)27)8-2-1-3-9-20/h7,11,13-14H,1-6,8-10,12H2,(H,22,25)(H,23,27). The summed E-state index contributed by atoms with van der Waals surface area (Å²) in [5.74, 6) is 0.270. The van der Waals surface area contributed by atoms with Crippen LogP contribution in [0.2, 0.25) is 0 Å². The lowest BCUT2D eigenvalue weighted by molar-refractivity contribution is -0.132. The molecule has 1 spiro atoms. The van der Waals surface area contributed by atoms with Gasteiger partial charge in [0.1, 0.15) is 5.54 Å². The summed E-state index contributed by atoms with van der Waals surface area (Å²) in [5.41, 5.74) is 0.928. The Kier molecular flexibility index (Phi) is 4.85. The molecule has 7 heteroatoms. The molecule has 0 bridgehead atoms. The number of imide groups is 1. The smallest absolute Gasteiger partial charge is 0.325 e. The van der Waals surface area contributed by atoms with Crippen molar-refractivity contribution in [1.29, 1.82) is 0 Å². The van der Waals surface area contributed by atoms with E-state index >= 15 is 0 Å². The van der Waals surface area contributed by atoms with E-state index in [0.29, 0.717) is 31.0 Å². The number of nitrogens with zero attached hydrogens (tertiary/aromatic N) is 2. The maximum atomic E-state index is 12.7. The van der Waals surface area contributed by atoms with E-state index in [9.17, 15) is 14.4 Å². The van der Waals surface area contributed by atoms with Crippen molar-refractivity contribution in [3.05, 3.63) is 29.6 Å². The van der Waals surface area contributed by atoms with Crippen LogP contribution in [0, 0.1) is 0 Å². The zero-order chi connectivity index (χ0) is 18.9. The topological polar surface area (TPSA) is 91.4 Å². The van der Waals surface area contributed by atoms with Gasteiger partial charge < -0.3 is 10.6 Å². The molecule has 1 aliphatic heterocycles. The summed E-state index contributed by atoms with van der Waals surface area (Å²) >= 11 is 0. The lowest BCUT2D eigenvalue weighted by Gasteiger charge is -2.30. The molecule has 1 aromatic heterocycles. The molecule has 7 nitrogen and oxygen atoms in total. The highest BCUT2D eigenvalue weighted by Gasteiger charge is 2.50. The van der Waals surface area contributed by atoms with Gasteiger partial charge in [-0.05, 0) is 44.2 Å². The second-order valence-corrected chi connectivity index (χ2v) is 7.88. The van der Waals surface area contributed by atoms with E-state index in [1.165, 1.54) is 4.90 Å². The van der Waals surface area contributed by atoms with Gasteiger partial charge in [0.05, 0.1) is 0 Å². The molecule has 1 saturated heterocycles. The molecule has 0 aromatic carbocycles. The highest BCUT2D eigenvalue weighted by Crippen LogP contribution is 2.39. The van der Waals surface area contributed by atoms with Crippen LogP contribution in [0.1, 0.15) is 73.3 Å². The second kappa shape index (κ2) is 7.29. The maximum Gasteiger partial charge on any atom is 0.325 e. The quantitative estimate of drug-likeness (QED) is 0.594. The molecule has 3 fully saturated rings. The third-order valence-corrected chi connectivity index (χ3v) is 5.84. The first-order chi connectivity index (χ1) is 13.1. The lowest BCUT2D eigenvalue weighted by atomic mass is 9.82. The predicted molar refractivity (Wildman–Crippen MR) is 99.2 cm³/mol. The fourth-order valence-electron chi connectivity index (χ4n) is 4.11. The average molecular weight is 370 g/mol. The molecule has 0 unspecified atom stereocenters. The van der Waals surface area contributed by atoms with Gasteiger partial charge in [0.25, 0.3) is 11.8 Å². The Morgan fingerprint density at radius 3 is 2.78 bits per heavy atom. The minimum atomic E-state index is -0.672. The van der Waals surface area contributed by atoms with Gasteiger partial charge in [-0.15, -0.1) is 0 Å². The first kappa shape index (κ1) is 17.9. The van der Waals surface area contributed by atoms with Crippen LogP contribution in [0.5, 0.6) is 0 Å². The Bertz CT molecular complexity index is 753. The fourth-order valence-corrected chi connectivity index (χ4v) is 4.11. The third kappa shape index (κ3) is 3.68. The van der Waals surface area contributed by atoms with Crippen LogP contribution in [0.25, 0.3) is 0 Å². The largest absolute Gasteiger partial charge is 0.352 e. The van der Waals surface area contributed by atoms with Crippen LogP contribution in [0.3, 0.4) is 0 Å². The van der Waals surface area contributed by atoms with Crippen molar-refractivity contribution >= 4 is 17.8 Å². The normalized spacial score (nSPS) is 21.4. The number of aromatic nitrogens is 1. The number of hydrogen-bond donors (Lipinski definition) is 2. The van der Waals surface area contributed by atoms with E-state index in [1.807, 2.05) is 6.07 Å². The van der Waals surface area contributed by atoms with Crippen molar-refractivity contribution in [2.45, 2.75) is 62.8 Å². The van der Waals surface area contributed by atoms with Gasteiger partial charge >= 0.3 is 6.03 Å². The summed E-state index contributed by atoms with van der Waals surface area (Å²) in [7, 11) is 0. The molecule has 27 heavy (non-hydrogen) atoms. The monoisotopic (exact) mass is 370 g/mol. The molecule has 2 saturated carbocycles. The number of carbonyl (C=O) groups is 3. The minimum Gasteiger partial charge on any atom is -0.352 e. The molecular formula is C20H26N4O3. The molecule has 2 heterocycles. The van der Waals surface area contributed by atoms with Gasteiger partial charge in [-0.1, -0.05) is 19.3 Å². The zero-order valence-corrected chi connectivity index (χ0v) is 15.5. The molecule has 0 radical (unpaired) electrons. The average Bonchev–Trinajstić information content (AvgIpc) is 3.50. The van der Waals surface area contributed by atoms with E-state index < -0.39 is 5.54 Å². The van der Waals surface area contributed by atoms with Gasteiger partial charge in [-0.2, -0.15) is 0 Å². The third-order valence-electron chi connectivity index (χ3n) is 5.84. The van der Waals surface area contributed by atoms with Gasteiger partial charge in [0.15, 0.2) is 0 Å². The van der Waals surface area contributed by atoms with Gasteiger partial charge in [0, 0.05) is 36.5 Å². The Balaban J connectivity index is 1.26. The zero-order valence-electron chi connectivity index (χ0n) is 15.5. The molecule has 1 aromatic rings. The first-order valence-corrected chi connectivity index (χ1v) is 9.97. The van der Waals surface area contributed by atoms with Crippen molar-refractivity contribution in [2.24, 2.45) is 0 Å². The van der Waals surface area contributed by atoms with E-state index in [4.69, 9.17) is 0 Å². The van der Waals surface area contributed by atoms with E-state index in [0.717, 1.165) is 50.6 Å². The fraction of sp³-hybridized carbons (Fsp3) is 0.600. The number of urea groups is 1. The minimum absolute atomic E-state index is 0.0956. The number of nitrogens with one attached hydrogen (secondary N) is 2. The molecule has 4 amide bonds. The molecule has 2 aliphatic carbocycles. The Labute approximate surface area is 158 Å². The number of carbonyl (C=O) groups excluding carboxylic acids is 3. The van der Waals surface area contributed by atoms with Crippen molar-refractivity contribution in [1.82, 2.24) is 20.5 Å². The van der Waals surface area contributed by atoms with Crippen molar-refractivity contribution in [3.8, 4) is 0 Å². The van der Waals surface area contributed by atoms with Crippen LogP contribution in [-0.4, -0.2) is 46.4 Å². The van der Waals surface area contributed by atoms with Crippen LogP contribution < -0.4 is 10.6 Å². The Morgan fingerprint density at radius 2 is 2.04 bits per heavy atom. The molecule has 4 rings (SSSR count). The van der Waals surface area contributed by atoms with Crippen molar-refractivity contribution in [2.75, 3.05) is 13.1 Å². The summed E-state index contributed by atoms with van der Waals surface area (Å²) in [6.07, 6.45) is 9.05. The number of rotatable bonds is 6. The molecule has 3 aliphatic rings. The highest BCUT2D eigenvalue weighted by molar-refractivity contribution is 6.07. The van der Waals surface area contributed by atoms with E-state index in [1.54, 1.807) is 12.3 Å². The Hall–Kier alpha value is -2.44. The van der Waals surface area contributed by atoms with Crippen LogP contribution in [-0.2, 0) is 4.79 Å². The predicted octanol–water partition coefficient (Wildman–Crippen LogP) is 2.33. The summed E-state index contributed by atoms with van der Waals surface area (Å²) in [4.78, 5) is 42.9. The lowest BCUT2D eigenvalue weighted by Crippen LogP contribution is -2.48. The van der Waals surface area contributed by atoms with Gasteiger partial charge in [-0.3, -0.25) is 19.5 Å². The van der Waals surface area contributed by atoms with Crippen molar-refractivity contribution < 1.29 is 14.4 Å². The summed E-state index contributed by atoms with van der Waals surface area (Å²) in [6, 6.07) is 3.28. The SMILES string of the molecule is O=C(NCCCN1C(=O)NC2(CCCCC2)C1=O)c1ccnc(C2CC2)c1. The molecule has 2 N–H and O–H groups in total. The van der Waals surface area contributed by atoms with Crippen LogP contribution >= 0.6 is 0 Å². The second-order valence-electron chi connectivity index (χ2n) is 7.88. The van der Waals surface area contributed by atoms with Gasteiger partial charge in [-0.25, -0.2) is 4.79 Å². The van der Waals surface area contributed by atoms with E-state index in [-0.39, 0.29) is 17.8 Å². The van der Waals surface area contributed by atoms with Crippen LogP contribution in [0.15, 0.2) is 18.3 Å².